The molecule has 2 aromatic rings. The lowest BCUT2D eigenvalue weighted by atomic mass is 9.86. The van der Waals surface area contributed by atoms with Crippen LogP contribution in [0.3, 0.4) is 0 Å². The molecule has 2 fully saturated rings. The Hall–Kier alpha value is -4.49. The van der Waals surface area contributed by atoms with Crippen molar-refractivity contribution in [2.24, 2.45) is 5.41 Å². The summed E-state index contributed by atoms with van der Waals surface area (Å²) in [6.45, 7) is 12.6. The molecular formula is C29H44N6O10. The van der Waals surface area contributed by atoms with Crippen molar-refractivity contribution in [2.75, 3.05) is 32.5 Å². The van der Waals surface area contributed by atoms with Crippen LogP contribution in [0.4, 0.5) is 10.6 Å². The van der Waals surface area contributed by atoms with Crippen LogP contribution in [0.5, 0.6) is 0 Å². The zero-order valence-electron chi connectivity index (χ0n) is 26.3. The van der Waals surface area contributed by atoms with Crippen LogP contribution in [0.2, 0.25) is 0 Å². The minimum Gasteiger partial charge on any atom is -0.481 e. The van der Waals surface area contributed by atoms with E-state index in [0.717, 1.165) is 37.0 Å². The first-order chi connectivity index (χ1) is 21.3. The monoisotopic (exact) mass is 636 g/mol. The van der Waals surface area contributed by atoms with Gasteiger partial charge in [-0.15, -0.1) is 0 Å². The van der Waals surface area contributed by atoms with Gasteiger partial charge in [0.05, 0.1) is 31.2 Å². The van der Waals surface area contributed by atoms with Crippen molar-refractivity contribution in [1.29, 1.82) is 5.26 Å². The molecule has 4 unspecified atom stereocenters. The van der Waals surface area contributed by atoms with Gasteiger partial charge in [0.15, 0.2) is 5.82 Å². The minimum absolute atomic E-state index is 0.112. The topological polar surface area (TPSA) is 229 Å². The van der Waals surface area contributed by atoms with Crippen molar-refractivity contribution < 1.29 is 48.3 Å². The molecule has 0 spiro atoms. The van der Waals surface area contributed by atoms with E-state index in [1.807, 2.05) is 26.1 Å². The van der Waals surface area contributed by atoms with Gasteiger partial charge in [-0.1, -0.05) is 13.8 Å². The highest BCUT2D eigenvalue weighted by atomic mass is 16.7. The van der Waals surface area contributed by atoms with E-state index in [0.29, 0.717) is 18.9 Å². The smallest absolute Gasteiger partial charge is 0.481 e. The Morgan fingerprint density at radius 2 is 1.82 bits per heavy atom. The summed E-state index contributed by atoms with van der Waals surface area (Å²) >= 11 is 0. The molecule has 45 heavy (non-hydrogen) atoms. The van der Waals surface area contributed by atoms with Gasteiger partial charge in [0.25, 0.3) is 6.47 Å². The highest BCUT2D eigenvalue weighted by Gasteiger charge is 2.33. The maximum atomic E-state index is 12.0. The number of ether oxygens (including phenoxy) is 4. The van der Waals surface area contributed by atoms with Crippen LogP contribution in [0.1, 0.15) is 71.6 Å². The fourth-order valence-electron chi connectivity index (χ4n) is 4.75. The highest BCUT2D eigenvalue weighted by Crippen LogP contribution is 2.34. The molecule has 0 aliphatic carbocycles. The minimum atomic E-state index is -0.962. The second kappa shape index (κ2) is 19.0. The van der Waals surface area contributed by atoms with Crippen molar-refractivity contribution >= 4 is 35.9 Å². The molecule has 0 bridgehead atoms. The number of hydrogen-bond acceptors (Lipinski definition) is 13. The Morgan fingerprint density at radius 1 is 1.18 bits per heavy atom. The standard InChI is InChI=1S/C18H25N5O4.C7H12O4.C3H6O2.CHN/c1-11-15(7-8-22(11)2)27-18(24)25-9-12-3-6-16(26-12)13-4-5-14-17(19)20-10-21-23(13)14;1-7(2,3-5(8)9)4-6(10)11;1-2-5-3-4;1-2/h4-5,10-12,15-16H,3,6-9H2,1-2H3,(H2,19,20,21);3-4H2,1-2H3,(H,8,9)(H,10,11);3H,2H2,1H3;1H. The average molecular weight is 637 g/mol. The van der Waals surface area contributed by atoms with Crippen molar-refractivity contribution in [3.63, 3.8) is 0 Å². The van der Waals surface area contributed by atoms with E-state index in [1.54, 1.807) is 25.3 Å². The molecule has 4 heterocycles. The molecule has 4 N–H and O–H groups in total. The number of aliphatic carboxylic acids is 2. The summed E-state index contributed by atoms with van der Waals surface area (Å²) in [6.07, 6.45) is 2.65. The fraction of sp³-hybridized carbons (Fsp3) is 0.621. The molecule has 2 saturated heterocycles. The predicted octanol–water partition coefficient (Wildman–Crippen LogP) is 3.06. The summed E-state index contributed by atoms with van der Waals surface area (Å²) in [5.41, 5.74) is 6.90. The number of likely N-dealkylation sites (N-methyl/N-ethyl adjacent to an activating group) is 1. The number of nitrogens with two attached hydrogens (primary N) is 1. The van der Waals surface area contributed by atoms with Crippen molar-refractivity contribution in [1.82, 2.24) is 19.5 Å². The van der Waals surface area contributed by atoms with Gasteiger partial charge in [0.1, 0.15) is 30.7 Å². The van der Waals surface area contributed by atoms with Crippen LogP contribution in [0, 0.1) is 17.2 Å². The third-order valence-electron chi connectivity index (χ3n) is 7.08. The zero-order chi connectivity index (χ0) is 34.2. The van der Waals surface area contributed by atoms with Gasteiger partial charge >= 0.3 is 18.1 Å². The molecule has 0 radical (unpaired) electrons. The Balaban J connectivity index is 0.000000469. The molecular weight excluding hydrogens is 592 g/mol. The first kappa shape index (κ1) is 38.5. The summed E-state index contributed by atoms with van der Waals surface area (Å²) in [5, 5.41) is 27.5. The van der Waals surface area contributed by atoms with Crippen LogP contribution in [0.25, 0.3) is 5.52 Å². The normalized spacial score (nSPS) is 20.7. The molecule has 0 amide bonds. The van der Waals surface area contributed by atoms with Gasteiger partial charge in [-0.2, -0.15) is 5.10 Å². The fourth-order valence-corrected chi connectivity index (χ4v) is 4.75. The number of nitrogen functional groups attached to an aromatic ring is 1. The maximum Gasteiger partial charge on any atom is 0.508 e. The van der Waals surface area contributed by atoms with Crippen LogP contribution >= 0.6 is 0 Å². The quantitative estimate of drug-likeness (QED) is 0.251. The van der Waals surface area contributed by atoms with Crippen LogP contribution in [-0.2, 0) is 33.3 Å². The molecule has 250 valence electrons. The summed E-state index contributed by atoms with van der Waals surface area (Å²) in [7, 11) is 2.02. The van der Waals surface area contributed by atoms with Gasteiger partial charge in [-0.3, -0.25) is 19.3 Å². The summed E-state index contributed by atoms with van der Waals surface area (Å²) in [4.78, 5) is 47.7. The van der Waals surface area contributed by atoms with E-state index in [2.05, 4.69) is 26.3 Å². The molecule has 4 atom stereocenters. The van der Waals surface area contributed by atoms with Crippen molar-refractivity contribution in [3.8, 4) is 6.57 Å². The first-order valence-corrected chi connectivity index (χ1v) is 14.3. The number of carboxylic acid groups (broad SMARTS) is 2. The van der Waals surface area contributed by atoms with E-state index >= 15 is 0 Å². The number of likely N-dealkylation sites (tertiary alicyclic amines) is 1. The van der Waals surface area contributed by atoms with Gasteiger partial charge in [-0.05, 0) is 57.7 Å². The van der Waals surface area contributed by atoms with Gasteiger partial charge < -0.3 is 34.9 Å². The number of carbonyl (C=O) groups excluding carboxylic acids is 2. The second-order valence-electron chi connectivity index (χ2n) is 11.1. The largest absolute Gasteiger partial charge is 0.508 e. The Bertz CT molecular complexity index is 1250. The lowest BCUT2D eigenvalue weighted by Gasteiger charge is -2.20. The van der Waals surface area contributed by atoms with E-state index < -0.39 is 23.5 Å². The molecule has 0 saturated carbocycles. The molecule has 0 aromatic carbocycles. The average Bonchev–Trinajstić information content (AvgIpc) is 3.69. The third kappa shape index (κ3) is 13.0. The lowest BCUT2D eigenvalue weighted by Crippen LogP contribution is -2.32. The van der Waals surface area contributed by atoms with Crippen molar-refractivity contribution in [3.05, 3.63) is 24.2 Å². The van der Waals surface area contributed by atoms with E-state index in [1.165, 1.54) is 6.33 Å². The van der Waals surface area contributed by atoms with E-state index in [4.69, 9.17) is 35.4 Å². The van der Waals surface area contributed by atoms with Gasteiger partial charge in [-0.25, -0.2) is 19.6 Å². The number of carboxylic acids is 2. The van der Waals surface area contributed by atoms with Crippen molar-refractivity contribution in [2.45, 2.75) is 84.2 Å². The molecule has 2 aromatic heterocycles. The van der Waals surface area contributed by atoms with Gasteiger partial charge in [0.2, 0.25) is 0 Å². The number of fused-ring (bicyclic) bond motifs is 1. The van der Waals surface area contributed by atoms with Crippen LogP contribution < -0.4 is 5.73 Å². The van der Waals surface area contributed by atoms with Crippen LogP contribution in [0.15, 0.2) is 18.5 Å². The first-order valence-electron chi connectivity index (χ1n) is 14.3. The number of nitrogens with zero attached hydrogens (tertiary/aromatic N) is 5. The van der Waals surface area contributed by atoms with E-state index in [9.17, 15) is 19.2 Å². The Kier molecular flexibility index (Phi) is 16.3. The Labute approximate surface area is 262 Å². The van der Waals surface area contributed by atoms with Gasteiger partial charge in [0, 0.05) is 19.2 Å². The number of aromatic nitrogens is 3. The maximum absolute atomic E-state index is 12.0. The Morgan fingerprint density at radius 3 is 2.33 bits per heavy atom. The summed E-state index contributed by atoms with van der Waals surface area (Å²) < 4.78 is 22.7. The molecule has 2 aliphatic heterocycles. The number of rotatable bonds is 10. The lowest BCUT2D eigenvalue weighted by molar-refractivity contribution is -0.142. The molecule has 16 heteroatoms. The summed E-state index contributed by atoms with van der Waals surface area (Å²) in [6, 6.07) is 4.04. The number of carbonyl (C=O) groups is 4. The third-order valence-corrected chi connectivity index (χ3v) is 7.08. The summed E-state index contributed by atoms with van der Waals surface area (Å²) in [5.74, 6) is -1.49. The number of anilines is 1. The highest BCUT2D eigenvalue weighted by molar-refractivity contribution is 5.71. The number of nitriles is 1. The second-order valence-corrected chi connectivity index (χ2v) is 11.1. The molecule has 4 rings (SSSR count). The zero-order valence-corrected chi connectivity index (χ0v) is 26.3. The van der Waals surface area contributed by atoms with Crippen LogP contribution in [-0.4, -0.2) is 99.3 Å². The number of hydrogen-bond donors (Lipinski definition) is 3. The predicted molar refractivity (Wildman–Crippen MR) is 160 cm³/mol. The molecule has 2 aliphatic rings. The molecule has 16 nitrogen and oxygen atoms in total. The SMILES string of the molecule is C#N.CC(C)(CC(=O)O)CC(=O)O.CC1C(OC(=O)OCC2CCC(c3ccc4c(N)ncnn34)O2)CCN1C.CCOC=O. The van der Waals surface area contributed by atoms with E-state index in [-0.39, 0.29) is 43.8 Å².